The van der Waals surface area contributed by atoms with Crippen molar-refractivity contribution < 1.29 is 9.21 Å². The minimum Gasteiger partial charge on any atom is -0.440 e. The van der Waals surface area contributed by atoms with Crippen molar-refractivity contribution >= 4 is 22.6 Å². The molecule has 0 amide bonds. The second-order valence-electron chi connectivity index (χ2n) is 4.34. The molecule has 0 saturated heterocycles. The van der Waals surface area contributed by atoms with Gasteiger partial charge < -0.3 is 9.73 Å². The van der Waals surface area contributed by atoms with E-state index >= 15 is 0 Å². The van der Waals surface area contributed by atoms with Crippen molar-refractivity contribution in [2.24, 2.45) is 0 Å². The van der Waals surface area contributed by atoms with Crippen molar-refractivity contribution in [3.05, 3.63) is 29.8 Å². The molecule has 0 bridgehead atoms. The van der Waals surface area contributed by atoms with Crippen molar-refractivity contribution in [2.45, 2.75) is 18.4 Å². The molecule has 1 N–H and O–H groups in total. The third kappa shape index (κ3) is 0.753. The standard InChI is InChI=1S/C12H9NO2/c14-10-9-7-3-1-2-4-8(7)15-11(9)13-12(10)5-6-12/h1-4,13H,5-6H2. The summed E-state index contributed by atoms with van der Waals surface area (Å²) in [7, 11) is 0. The predicted octanol–water partition coefficient (Wildman–Crippen LogP) is 2.57. The number of carbonyl (C=O) groups excluding carboxylic acids is 1. The molecule has 1 aliphatic carbocycles. The molecule has 2 aliphatic rings. The number of carbonyl (C=O) groups is 1. The zero-order chi connectivity index (χ0) is 10.0. The number of anilines is 1. The van der Waals surface area contributed by atoms with Gasteiger partial charge in [-0.3, -0.25) is 4.79 Å². The maximum atomic E-state index is 12.1. The number of ketones is 1. The van der Waals surface area contributed by atoms with Crippen LogP contribution in [0.15, 0.2) is 28.7 Å². The summed E-state index contributed by atoms with van der Waals surface area (Å²) in [4.78, 5) is 12.1. The SMILES string of the molecule is O=C1c2c(oc3ccccc23)NC12CC2. The van der Waals surface area contributed by atoms with Gasteiger partial charge in [0.25, 0.3) is 0 Å². The monoisotopic (exact) mass is 199 g/mol. The Balaban J connectivity index is 2.07. The van der Waals surface area contributed by atoms with E-state index in [1.807, 2.05) is 24.3 Å². The van der Waals surface area contributed by atoms with Crippen molar-refractivity contribution in [3.8, 4) is 0 Å². The van der Waals surface area contributed by atoms with Gasteiger partial charge in [0.2, 0.25) is 5.88 Å². The van der Waals surface area contributed by atoms with Gasteiger partial charge in [-0.15, -0.1) is 0 Å². The summed E-state index contributed by atoms with van der Waals surface area (Å²) < 4.78 is 5.62. The zero-order valence-corrected chi connectivity index (χ0v) is 8.04. The Morgan fingerprint density at radius 2 is 2.07 bits per heavy atom. The first-order valence-electron chi connectivity index (χ1n) is 5.15. The first-order valence-corrected chi connectivity index (χ1v) is 5.15. The summed E-state index contributed by atoms with van der Waals surface area (Å²) in [6, 6.07) is 7.68. The fourth-order valence-corrected chi connectivity index (χ4v) is 2.35. The maximum Gasteiger partial charge on any atom is 0.206 e. The molecule has 74 valence electrons. The van der Waals surface area contributed by atoms with Gasteiger partial charge in [-0.2, -0.15) is 0 Å². The van der Waals surface area contributed by atoms with Crippen LogP contribution in [0, 0.1) is 0 Å². The van der Waals surface area contributed by atoms with E-state index in [4.69, 9.17) is 4.42 Å². The van der Waals surface area contributed by atoms with E-state index in [9.17, 15) is 4.79 Å². The molecule has 3 nitrogen and oxygen atoms in total. The van der Waals surface area contributed by atoms with E-state index < -0.39 is 0 Å². The Bertz CT molecular complexity index is 593. The normalized spacial score (nSPS) is 20.7. The lowest BCUT2D eigenvalue weighted by Crippen LogP contribution is -2.24. The van der Waals surface area contributed by atoms with Gasteiger partial charge in [-0.25, -0.2) is 0 Å². The van der Waals surface area contributed by atoms with E-state index in [1.54, 1.807) is 0 Å². The molecule has 2 heterocycles. The molecule has 1 spiro atoms. The Hall–Kier alpha value is -1.77. The molecule has 15 heavy (non-hydrogen) atoms. The predicted molar refractivity (Wildman–Crippen MR) is 56.1 cm³/mol. The second kappa shape index (κ2) is 2.08. The fourth-order valence-electron chi connectivity index (χ4n) is 2.35. The summed E-state index contributed by atoms with van der Waals surface area (Å²) in [5.41, 5.74) is 1.25. The summed E-state index contributed by atoms with van der Waals surface area (Å²) in [6.07, 6.45) is 1.87. The van der Waals surface area contributed by atoms with Gasteiger partial charge in [0.05, 0.1) is 5.56 Å². The molecule has 4 rings (SSSR count). The lowest BCUT2D eigenvalue weighted by Gasteiger charge is -2.04. The van der Waals surface area contributed by atoms with E-state index in [2.05, 4.69) is 5.32 Å². The summed E-state index contributed by atoms with van der Waals surface area (Å²) >= 11 is 0. The molecule has 3 heteroatoms. The molecule has 0 radical (unpaired) electrons. The lowest BCUT2D eigenvalue weighted by molar-refractivity contribution is 0.0971. The highest BCUT2D eigenvalue weighted by atomic mass is 16.4. The third-order valence-corrected chi connectivity index (χ3v) is 3.36. The van der Waals surface area contributed by atoms with Crippen LogP contribution in [0.4, 0.5) is 5.88 Å². The van der Waals surface area contributed by atoms with E-state index in [0.29, 0.717) is 5.88 Å². The first-order chi connectivity index (χ1) is 7.30. The van der Waals surface area contributed by atoms with Crippen LogP contribution in [-0.2, 0) is 0 Å². The van der Waals surface area contributed by atoms with E-state index in [0.717, 1.165) is 29.4 Å². The topological polar surface area (TPSA) is 42.2 Å². The van der Waals surface area contributed by atoms with Gasteiger partial charge in [0, 0.05) is 5.39 Å². The van der Waals surface area contributed by atoms with Crippen LogP contribution in [0.2, 0.25) is 0 Å². The van der Waals surface area contributed by atoms with Crippen LogP contribution < -0.4 is 5.32 Å². The highest BCUT2D eigenvalue weighted by Crippen LogP contribution is 2.50. The highest BCUT2D eigenvalue weighted by Gasteiger charge is 2.56. The fraction of sp³-hybridized carbons (Fsp3) is 0.250. The van der Waals surface area contributed by atoms with Crippen LogP contribution in [0.25, 0.3) is 11.0 Å². The van der Waals surface area contributed by atoms with Crippen molar-refractivity contribution in [3.63, 3.8) is 0 Å². The van der Waals surface area contributed by atoms with E-state index in [-0.39, 0.29) is 11.3 Å². The zero-order valence-electron chi connectivity index (χ0n) is 8.04. The molecule has 0 unspecified atom stereocenters. The minimum atomic E-state index is -0.293. The average Bonchev–Trinajstić information content (AvgIpc) is 2.85. The third-order valence-electron chi connectivity index (χ3n) is 3.36. The van der Waals surface area contributed by atoms with Crippen LogP contribution in [0.5, 0.6) is 0 Å². The van der Waals surface area contributed by atoms with Gasteiger partial charge in [-0.05, 0) is 18.9 Å². The largest absolute Gasteiger partial charge is 0.440 e. The Morgan fingerprint density at radius 3 is 2.87 bits per heavy atom. The number of rotatable bonds is 0. The number of hydrogen-bond donors (Lipinski definition) is 1. The summed E-state index contributed by atoms with van der Waals surface area (Å²) in [5, 5.41) is 4.15. The molecule has 1 aromatic carbocycles. The highest BCUT2D eigenvalue weighted by molar-refractivity contribution is 6.21. The number of nitrogens with one attached hydrogen (secondary N) is 1. The Kier molecular flexibility index (Phi) is 1.04. The van der Waals surface area contributed by atoms with Crippen molar-refractivity contribution in [1.29, 1.82) is 0 Å². The molecule has 1 fully saturated rings. The van der Waals surface area contributed by atoms with Crippen molar-refractivity contribution in [2.75, 3.05) is 5.32 Å². The van der Waals surface area contributed by atoms with Crippen molar-refractivity contribution in [1.82, 2.24) is 0 Å². The molecule has 1 aromatic heterocycles. The molecule has 2 aromatic rings. The number of Topliss-reactive ketones (excluding diaryl/α,β-unsaturated/α-hetero) is 1. The van der Waals surface area contributed by atoms with E-state index in [1.165, 1.54) is 0 Å². The number of benzene rings is 1. The number of para-hydroxylation sites is 1. The van der Waals surface area contributed by atoms with Crippen LogP contribution >= 0.6 is 0 Å². The first kappa shape index (κ1) is 7.51. The molecule has 1 aliphatic heterocycles. The number of fused-ring (bicyclic) bond motifs is 3. The van der Waals surface area contributed by atoms with Gasteiger partial charge in [-0.1, -0.05) is 18.2 Å². The Labute approximate surface area is 86.1 Å². The van der Waals surface area contributed by atoms with Crippen LogP contribution in [0.3, 0.4) is 0 Å². The molecular formula is C12H9NO2. The quantitative estimate of drug-likeness (QED) is 0.709. The summed E-state index contributed by atoms with van der Waals surface area (Å²) in [5.74, 6) is 0.876. The summed E-state index contributed by atoms with van der Waals surface area (Å²) in [6.45, 7) is 0. The van der Waals surface area contributed by atoms with Crippen LogP contribution in [0.1, 0.15) is 23.2 Å². The average molecular weight is 199 g/mol. The molecule has 1 saturated carbocycles. The smallest absolute Gasteiger partial charge is 0.206 e. The van der Waals surface area contributed by atoms with Crippen LogP contribution in [-0.4, -0.2) is 11.3 Å². The molecule has 0 atom stereocenters. The number of furan rings is 1. The maximum absolute atomic E-state index is 12.1. The number of hydrogen-bond acceptors (Lipinski definition) is 3. The second-order valence-corrected chi connectivity index (χ2v) is 4.34. The lowest BCUT2D eigenvalue weighted by atomic mass is 10.1. The Morgan fingerprint density at radius 1 is 1.27 bits per heavy atom. The van der Waals surface area contributed by atoms with Gasteiger partial charge >= 0.3 is 0 Å². The van der Waals surface area contributed by atoms with Gasteiger partial charge in [0.15, 0.2) is 5.78 Å². The minimum absolute atomic E-state index is 0.211. The molecular weight excluding hydrogens is 190 g/mol. The van der Waals surface area contributed by atoms with Gasteiger partial charge in [0.1, 0.15) is 11.1 Å².